The van der Waals surface area contributed by atoms with Crippen molar-refractivity contribution in [2.24, 2.45) is 5.92 Å². The van der Waals surface area contributed by atoms with Gasteiger partial charge < -0.3 is 10.6 Å². The predicted molar refractivity (Wildman–Crippen MR) is 95.4 cm³/mol. The van der Waals surface area contributed by atoms with Gasteiger partial charge in [0.2, 0.25) is 5.91 Å². The third kappa shape index (κ3) is 7.01. The standard InChI is InChI=1S/C16H21ClF3N3O.ClH/c1-23(9-11-4-6-21-7-5-11)10-15(24)22-12-2-3-14(17)13(8-12)16(18,19)20;/h2-3,8,11,21H,4-7,9-10H2,1H3,(H,22,24);1H. The van der Waals surface area contributed by atoms with Crippen LogP contribution in [0.25, 0.3) is 0 Å². The highest BCUT2D eigenvalue weighted by Gasteiger charge is 2.33. The zero-order valence-corrected chi connectivity index (χ0v) is 15.4. The molecule has 142 valence electrons. The van der Waals surface area contributed by atoms with Gasteiger partial charge in [-0.2, -0.15) is 13.2 Å². The molecule has 1 heterocycles. The Kier molecular flexibility index (Phi) is 8.47. The van der Waals surface area contributed by atoms with E-state index in [-0.39, 0.29) is 35.6 Å². The molecule has 1 aliphatic rings. The van der Waals surface area contributed by atoms with Crippen molar-refractivity contribution in [3.63, 3.8) is 0 Å². The van der Waals surface area contributed by atoms with Crippen LogP contribution in [0.3, 0.4) is 0 Å². The Bertz CT molecular complexity index is 578. The lowest BCUT2D eigenvalue weighted by atomic mass is 9.98. The van der Waals surface area contributed by atoms with Crippen LogP contribution in [-0.2, 0) is 11.0 Å². The topological polar surface area (TPSA) is 44.4 Å². The van der Waals surface area contributed by atoms with Crippen molar-refractivity contribution in [3.05, 3.63) is 28.8 Å². The molecular weight excluding hydrogens is 378 g/mol. The van der Waals surface area contributed by atoms with Gasteiger partial charge in [-0.15, -0.1) is 12.4 Å². The number of halogens is 5. The van der Waals surface area contributed by atoms with Gasteiger partial charge in [-0.3, -0.25) is 9.69 Å². The van der Waals surface area contributed by atoms with Crippen molar-refractivity contribution in [1.29, 1.82) is 0 Å². The molecule has 9 heteroatoms. The Morgan fingerprint density at radius 1 is 1.36 bits per heavy atom. The lowest BCUT2D eigenvalue weighted by molar-refractivity contribution is -0.137. The molecule has 0 spiro atoms. The van der Waals surface area contributed by atoms with Gasteiger partial charge in [-0.25, -0.2) is 0 Å². The molecule has 0 aliphatic carbocycles. The molecule has 1 aliphatic heterocycles. The molecule has 1 saturated heterocycles. The molecule has 4 nitrogen and oxygen atoms in total. The van der Waals surface area contributed by atoms with E-state index in [4.69, 9.17) is 11.6 Å². The molecule has 0 unspecified atom stereocenters. The summed E-state index contributed by atoms with van der Waals surface area (Å²) < 4.78 is 38.5. The summed E-state index contributed by atoms with van der Waals surface area (Å²) in [5, 5.41) is 5.40. The number of anilines is 1. The van der Waals surface area contributed by atoms with Crippen LogP contribution >= 0.6 is 24.0 Å². The average Bonchev–Trinajstić information content (AvgIpc) is 2.48. The minimum Gasteiger partial charge on any atom is -0.325 e. The first-order valence-corrected chi connectivity index (χ1v) is 8.19. The molecule has 0 saturated carbocycles. The minimum atomic E-state index is -4.55. The van der Waals surface area contributed by atoms with Crippen LogP contribution in [0.2, 0.25) is 5.02 Å². The summed E-state index contributed by atoms with van der Waals surface area (Å²) in [6, 6.07) is 3.36. The van der Waals surface area contributed by atoms with E-state index in [1.807, 2.05) is 11.9 Å². The van der Waals surface area contributed by atoms with Crippen molar-refractivity contribution in [2.45, 2.75) is 19.0 Å². The Labute approximate surface area is 156 Å². The summed E-state index contributed by atoms with van der Waals surface area (Å²) in [7, 11) is 1.84. The number of hydrogen-bond donors (Lipinski definition) is 2. The Morgan fingerprint density at radius 3 is 2.60 bits per heavy atom. The number of alkyl halides is 3. The summed E-state index contributed by atoms with van der Waals surface area (Å²) in [6.45, 7) is 2.89. The second kappa shape index (κ2) is 9.62. The van der Waals surface area contributed by atoms with Crippen LogP contribution in [0.15, 0.2) is 18.2 Å². The maximum absolute atomic E-state index is 12.8. The van der Waals surface area contributed by atoms with Gasteiger partial charge in [0.25, 0.3) is 0 Å². The van der Waals surface area contributed by atoms with E-state index in [1.165, 1.54) is 6.07 Å². The highest BCUT2D eigenvalue weighted by molar-refractivity contribution is 6.31. The molecule has 1 fully saturated rings. The average molecular weight is 400 g/mol. The van der Waals surface area contributed by atoms with Gasteiger partial charge in [0, 0.05) is 12.2 Å². The summed E-state index contributed by atoms with van der Waals surface area (Å²) in [5.41, 5.74) is -0.864. The lowest BCUT2D eigenvalue weighted by Gasteiger charge is -2.27. The molecular formula is C16H22Cl2F3N3O. The first-order valence-electron chi connectivity index (χ1n) is 7.81. The van der Waals surface area contributed by atoms with E-state index >= 15 is 0 Å². The summed E-state index contributed by atoms with van der Waals surface area (Å²) in [4.78, 5) is 13.9. The number of carbonyl (C=O) groups excluding carboxylic acids is 1. The summed E-state index contributed by atoms with van der Waals surface area (Å²) >= 11 is 5.56. The minimum absolute atomic E-state index is 0. The quantitative estimate of drug-likeness (QED) is 0.793. The molecule has 0 radical (unpaired) electrons. The molecule has 0 aromatic heterocycles. The third-order valence-electron chi connectivity index (χ3n) is 4.00. The number of carbonyl (C=O) groups is 1. The number of nitrogens with zero attached hydrogens (tertiary/aromatic N) is 1. The molecule has 1 aromatic carbocycles. The van der Waals surface area contributed by atoms with E-state index in [1.54, 1.807) is 0 Å². The number of piperidine rings is 1. The van der Waals surface area contributed by atoms with E-state index in [9.17, 15) is 18.0 Å². The highest BCUT2D eigenvalue weighted by Crippen LogP contribution is 2.36. The van der Waals surface area contributed by atoms with Crippen molar-refractivity contribution < 1.29 is 18.0 Å². The fourth-order valence-corrected chi connectivity index (χ4v) is 3.06. The monoisotopic (exact) mass is 399 g/mol. The number of hydrogen-bond acceptors (Lipinski definition) is 3. The lowest BCUT2D eigenvalue weighted by Crippen LogP contribution is -2.37. The molecule has 0 bridgehead atoms. The Morgan fingerprint density at radius 2 is 2.00 bits per heavy atom. The number of likely N-dealkylation sites (N-methyl/N-ethyl adjacent to an activating group) is 1. The van der Waals surface area contributed by atoms with E-state index in [2.05, 4.69) is 10.6 Å². The first kappa shape index (κ1) is 22.0. The molecule has 0 atom stereocenters. The highest BCUT2D eigenvalue weighted by atomic mass is 35.5. The maximum Gasteiger partial charge on any atom is 0.417 e. The zero-order chi connectivity index (χ0) is 17.7. The largest absolute Gasteiger partial charge is 0.417 e. The third-order valence-corrected chi connectivity index (χ3v) is 4.33. The molecule has 2 N–H and O–H groups in total. The fraction of sp³-hybridized carbons (Fsp3) is 0.562. The van der Waals surface area contributed by atoms with Gasteiger partial charge in [-0.05, 0) is 57.1 Å². The van der Waals surface area contributed by atoms with Crippen LogP contribution in [0.1, 0.15) is 18.4 Å². The second-order valence-corrected chi connectivity index (χ2v) is 6.54. The van der Waals surface area contributed by atoms with E-state index in [0.717, 1.165) is 44.6 Å². The molecule has 2 rings (SSSR count). The van der Waals surface area contributed by atoms with Crippen molar-refractivity contribution in [1.82, 2.24) is 10.2 Å². The zero-order valence-electron chi connectivity index (χ0n) is 13.8. The van der Waals surface area contributed by atoms with Crippen molar-refractivity contribution in [3.8, 4) is 0 Å². The predicted octanol–water partition coefficient (Wildman–Crippen LogP) is 3.65. The van der Waals surface area contributed by atoms with Gasteiger partial charge in [0.15, 0.2) is 0 Å². The molecule has 1 aromatic rings. The van der Waals surface area contributed by atoms with Gasteiger partial charge in [-0.1, -0.05) is 11.6 Å². The molecule has 1 amide bonds. The number of rotatable bonds is 5. The van der Waals surface area contributed by atoms with E-state index < -0.39 is 11.7 Å². The second-order valence-electron chi connectivity index (χ2n) is 6.13. The number of nitrogens with one attached hydrogen (secondary N) is 2. The van der Waals surface area contributed by atoms with Crippen molar-refractivity contribution >= 4 is 35.6 Å². The van der Waals surface area contributed by atoms with Crippen LogP contribution < -0.4 is 10.6 Å². The van der Waals surface area contributed by atoms with Crippen LogP contribution in [0.4, 0.5) is 18.9 Å². The maximum atomic E-state index is 12.8. The van der Waals surface area contributed by atoms with Crippen LogP contribution in [0, 0.1) is 5.92 Å². The molecule has 25 heavy (non-hydrogen) atoms. The van der Waals surface area contributed by atoms with Gasteiger partial charge in [0.1, 0.15) is 0 Å². The first-order chi connectivity index (χ1) is 11.3. The number of amides is 1. The Balaban J connectivity index is 0.00000312. The van der Waals surface area contributed by atoms with Crippen LogP contribution in [-0.4, -0.2) is 44.0 Å². The number of benzene rings is 1. The normalized spacial score (nSPS) is 15.8. The van der Waals surface area contributed by atoms with Gasteiger partial charge >= 0.3 is 6.18 Å². The van der Waals surface area contributed by atoms with Gasteiger partial charge in [0.05, 0.1) is 17.1 Å². The van der Waals surface area contributed by atoms with E-state index in [0.29, 0.717) is 5.92 Å². The fourth-order valence-electron chi connectivity index (χ4n) is 2.84. The summed E-state index contributed by atoms with van der Waals surface area (Å²) in [6.07, 6.45) is -2.42. The van der Waals surface area contributed by atoms with Crippen molar-refractivity contribution in [2.75, 3.05) is 38.5 Å². The Hall–Kier alpha value is -1.02. The summed E-state index contributed by atoms with van der Waals surface area (Å²) in [5.74, 6) is 0.193. The van der Waals surface area contributed by atoms with Crippen LogP contribution in [0.5, 0.6) is 0 Å². The SMILES string of the molecule is CN(CC(=O)Nc1ccc(Cl)c(C(F)(F)F)c1)CC1CCNCC1.Cl. The smallest absolute Gasteiger partial charge is 0.325 e.